The summed E-state index contributed by atoms with van der Waals surface area (Å²) in [5, 5.41) is 2.99. The van der Waals surface area contributed by atoms with Crippen LogP contribution in [0.3, 0.4) is 0 Å². The first kappa shape index (κ1) is 15.5. The molecule has 1 aromatic rings. The predicted octanol–water partition coefficient (Wildman–Crippen LogP) is 3.40. The molecule has 1 aliphatic heterocycles. The maximum Gasteiger partial charge on any atom is 0.321 e. The van der Waals surface area contributed by atoms with Gasteiger partial charge in [-0.3, -0.25) is 9.69 Å². The van der Waals surface area contributed by atoms with Crippen molar-refractivity contribution >= 4 is 17.5 Å². The van der Waals surface area contributed by atoms with Crippen LogP contribution < -0.4 is 10.2 Å². The molecule has 2 amide bonds. The number of aryl methyl sites for hydroxylation is 1. The zero-order valence-electron chi connectivity index (χ0n) is 13.3. The highest BCUT2D eigenvalue weighted by molar-refractivity contribution is 5.97. The van der Waals surface area contributed by atoms with E-state index in [1.54, 1.807) is 17.9 Å². The van der Waals surface area contributed by atoms with Gasteiger partial charge in [0.05, 0.1) is 0 Å². The Labute approximate surface area is 126 Å². The third-order valence-electron chi connectivity index (χ3n) is 3.62. The van der Waals surface area contributed by atoms with Crippen molar-refractivity contribution in [3.63, 3.8) is 0 Å². The van der Waals surface area contributed by atoms with Gasteiger partial charge in [0.1, 0.15) is 0 Å². The molecule has 1 aromatic carbocycles. The number of nitrogens with one attached hydrogen (secondary N) is 1. The number of carbonyl (C=O) groups is 2. The van der Waals surface area contributed by atoms with Crippen LogP contribution in [0.25, 0.3) is 0 Å². The lowest BCUT2D eigenvalue weighted by molar-refractivity contribution is 0.101. The standard InChI is InChI=1S/C17H24N2O2/c1-12(20)13-7-8-15-14(10-13)6-5-9-19(15)16(21)18-11-17(2,3)4/h7-8,10H,5-6,9,11H2,1-4H3,(H,18,21). The van der Waals surface area contributed by atoms with Gasteiger partial charge in [-0.2, -0.15) is 0 Å². The molecule has 0 spiro atoms. The number of hydrogen-bond donors (Lipinski definition) is 1. The van der Waals surface area contributed by atoms with Crippen LogP contribution in [0, 0.1) is 5.41 Å². The van der Waals surface area contributed by atoms with Crippen LogP contribution >= 0.6 is 0 Å². The van der Waals surface area contributed by atoms with Gasteiger partial charge in [-0.15, -0.1) is 0 Å². The molecule has 0 aliphatic carbocycles. The number of ketones is 1. The van der Waals surface area contributed by atoms with E-state index in [1.807, 2.05) is 12.1 Å². The first-order valence-corrected chi connectivity index (χ1v) is 7.47. The van der Waals surface area contributed by atoms with Crippen LogP contribution in [0.15, 0.2) is 18.2 Å². The molecule has 1 heterocycles. The Hall–Kier alpha value is -1.84. The SMILES string of the molecule is CC(=O)c1ccc2c(c1)CCCN2C(=O)NCC(C)(C)C. The van der Waals surface area contributed by atoms with E-state index in [1.165, 1.54) is 0 Å². The second kappa shape index (κ2) is 5.88. The van der Waals surface area contributed by atoms with E-state index in [0.29, 0.717) is 12.1 Å². The predicted molar refractivity (Wildman–Crippen MR) is 85.0 cm³/mol. The Bertz CT molecular complexity index is 558. The minimum atomic E-state index is -0.0542. The molecule has 21 heavy (non-hydrogen) atoms. The van der Waals surface area contributed by atoms with Crippen LogP contribution in [0.1, 0.15) is 50.0 Å². The molecule has 0 saturated carbocycles. The lowest BCUT2D eigenvalue weighted by Crippen LogP contribution is -2.45. The van der Waals surface area contributed by atoms with Gasteiger partial charge in [0.25, 0.3) is 0 Å². The molecule has 4 heteroatoms. The van der Waals surface area contributed by atoms with Gasteiger partial charge in [0.2, 0.25) is 0 Å². The number of carbonyl (C=O) groups excluding carboxylic acids is 2. The van der Waals surface area contributed by atoms with Crippen molar-refractivity contribution in [3.8, 4) is 0 Å². The average Bonchev–Trinajstić information content (AvgIpc) is 2.42. The highest BCUT2D eigenvalue weighted by Gasteiger charge is 2.24. The molecule has 2 rings (SSSR count). The molecule has 1 aliphatic rings. The maximum atomic E-state index is 12.4. The lowest BCUT2D eigenvalue weighted by Gasteiger charge is -2.31. The first-order valence-electron chi connectivity index (χ1n) is 7.47. The van der Waals surface area contributed by atoms with Gasteiger partial charge in [-0.05, 0) is 48.9 Å². The molecule has 1 N–H and O–H groups in total. The summed E-state index contributed by atoms with van der Waals surface area (Å²) in [5.74, 6) is 0.0621. The lowest BCUT2D eigenvalue weighted by atomic mass is 9.97. The van der Waals surface area contributed by atoms with E-state index in [9.17, 15) is 9.59 Å². The van der Waals surface area contributed by atoms with Crippen LogP contribution in [-0.4, -0.2) is 24.9 Å². The first-order chi connectivity index (χ1) is 9.78. The van der Waals surface area contributed by atoms with E-state index >= 15 is 0 Å². The van der Waals surface area contributed by atoms with Gasteiger partial charge in [-0.25, -0.2) is 4.79 Å². The fourth-order valence-electron chi connectivity index (χ4n) is 2.46. The van der Waals surface area contributed by atoms with Crippen LogP contribution in [0.4, 0.5) is 10.5 Å². The van der Waals surface area contributed by atoms with Crippen LogP contribution in [0.5, 0.6) is 0 Å². The van der Waals surface area contributed by atoms with Crippen LogP contribution in [0.2, 0.25) is 0 Å². The number of benzene rings is 1. The summed E-state index contributed by atoms with van der Waals surface area (Å²) >= 11 is 0. The van der Waals surface area contributed by atoms with Gasteiger partial charge < -0.3 is 5.32 Å². The highest BCUT2D eigenvalue weighted by atomic mass is 16.2. The average molecular weight is 288 g/mol. The minimum Gasteiger partial charge on any atom is -0.337 e. The normalized spacial score (nSPS) is 14.6. The minimum absolute atomic E-state index is 0.0542. The second-order valence-corrected chi connectivity index (χ2v) is 6.87. The largest absolute Gasteiger partial charge is 0.337 e. The number of urea groups is 1. The Morgan fingerprint density at radius 2 is 2.00 bits per heavy atom. The molecule has 0 aromatic heterocycles. The van der Waals surface area contributed by atoms with Crippen LogP contribution in [-0.2, 0) is 6.42 Å². The molecule has 0 saturated heterocycles. The number of hydrogen-bond acceptors (Lipinski definition) is 2. The van der Waals surface area contributed by atoms with Crippen molar-refractivity contribution in [3.05, 3.63) is 29.3 Å². The number of Topliss-reactive ketones (excluding diaryl/α,β-unsaturated/α-hetero) is 1. The van der Waals surface area contributed by atoms with Crippen molar-refractivity contribution < 1.29 is 9.59 Å². The molecule has 114 valence electrons. The summed E-state index contributed by atoms with van der Waals surface area (Å²) < 4.78 is 0. The topological polar surface area (TPSA) is 49.4 Å². The van der Waals surface area contributed by atoms with Gasteiger partial charge in [0, 0.05) is 24.3 Å². The van der Waals surface area contributed by atoms with E-state index in [4.69, 9.17) is 0 Å². The Balaban J connectivity index is 2.18. The fourth-order valence-corrected chi connectivity index (χ4v) is 2.46. The van der Waals surface area contributed by atoms with E-state index in [-0.39, 0.29) is 17.2 Å². The molecule has 0 bridgehead atoms. The summed E-state index contributed by atoms with van der Waals surface area (Å²) in [4.78, 5) is 25.6. The number of amides is 2. The molecule has 4 nitrogen and oxygen atoms in total. The third kappa shape index (κ3) is 3.84. The van der Waals surface area contributed by atoms with Gasteiger partial charge in [0.15, 0.2) is 5.78 Å². The van der Waals surface area contributed by atoms with Gasteiger partial charge >= 0.3 is 6.03 Å². The number of rotatable bonds is 2. The molecule has 0 fully saturated rings. The van der Waals surface area contributed by atoms with Gasteiger partial charge in [-0.1, -0.05) is 20.8 Å². The summed E-state index contributed by atoms with van der Waals surface area (Å²) in [5.41, 5.74) is 2.79. The quantitative estimate of drug-likeness (QED) is 0.848. The Morgan fingerprint density at radius 1 is 1.29 bits per heavy atom. The number of anilines is 1. The van der Waals surface area contributed by atoms with E-state index in [0.717, 1.165) is 30.6 Å². The molecule has 0 atom stereocenters. The summed E-state index contributed by atoms with van der Waals surface area (Å²) in [7, 11) is 0. The Morgan fingerprint density at radius 3 is 2.62 bits per heavy atom. The molecular weight excluding hydrogens is 264 g/mol. The van der Waals surface area contributed by atoms with Crippen molar-refractivity contribution in [2.45, 2.75) is 40.5 Å². The zero-order valence-corrected chi connectivity index (χ0v) is 13.3. The second-order valence-electron chi connectivity index (χ2n) is 6.87. The highest BCUT2D eigenvalue weighted by Crippen LogP contribution is 2.28. The zero-order chi connectivity index (χ0) is 15.6. The van der Waals surface area contributed by atoms with Crippen molar-refractivity contribution in [1.82, 2.24) is 5.32 Å². The summed E-state index contributed by atoms with van der Waals surface area (Å²) in [6, 6.07) is 5.56. The van der Waals surface area contributed by atoms with Crippen molar-refractivity contribution in [2.75, 3.05) is 18.0 Å². The summed E-state index contributed by atoms with van der Waals surface area (Å²) in [6.45, 7) is 9.22. The number of fused-ring (bicyclic) bond motifs is 1. The van der Waals surface area contributed by atoms with Crippen molar-refractivity contribution in [2.24, 2.45) is 5.41 Å². The van der Waals surface area contributed by atoms with E-state index < -0.39 is 0 Å². The maximum absolute atomic E-state index is 12.4. The molecular formula is C17H24N2O2. The fraction of sp³-hybridized carbons (Fsp3) is 0.529. The van der Waals surface area contributed by atoms with Crippen molar-refractivity contribution in [1.29, 1.82) is 0 Å². The van der Waals surface area contributed by atoms with E-state index in [2.05, 4.69) is 26.1 Å². The third-order valence-corrected chi connectivity index (χ3v) is 3.62. The molecule has 0 radical (unpaired) electrons. The smallest absolute Gasteiger partial charge is 0.321 e. The molecule has 0 unspecified atom stereocenters. The summed E-state index contributed by atoms with van der Waals surface area (Å²) in [6.07, 6.45) is 1.84. The number of nitrogens with zero attached hydrogens (tertiary/aromatic N) is 1. The Kier molecular flexibility index (Phi) is 4.35. The monoisotopic (exact) mass is 288 g/mol.